The first-order valence-corrected chi connectivity index (χ1v) is 16.4. The molecule has 3 heterocycles. The molecule has 1 saturated heterocycles. The Balaban J connectivity index is 1.43. The van der Waals surface area contributed by atoms with Gasteiger partial charge in [0, 0.05) is 44.1 Å². The summed E-state index contributed by atoms with van der Waals surface area (Å²) in [5.74, 6) is 1.15. The van der Waals surface area contributed by atoms with Crippen molar-refractivity contribution in [2.45, 2.75) is 108 Å². The summed E-state index contributed by atoms with van der Waals surface area (Å²) in [7, 11) is -3.81. The Morgan fingerprint density at radius 3 is 2.38 bits per heavy atom. The number of piperidine rings is 1. The highest BCUT2D eigenvalue weighted by Gasteiger charge is 2.29. The van der Waals surface area contributed by atoms with Gasteiger partial charge in [0.2, 0.25) is 16.0 Å². The van der Waals surface area contributed by atoms with Crippen LogP contribution < -0.4 is 15.4 Å². The molecule has 0 unspecified atom stereocenters. The number of aliphatic hydroxyl groups excluding tert-OH is 1. The van der Waals surface area contributed by atoms with Crippen LogP contribution in [0.4, 0.5) is 16.6 Å². The third kappa shape index (κ3) is 8.98. The molecule has 2 aromatic heterocycles. The second-order valence-corrected chi connectivity index (χ2v) is 13.8. The molecule has 1 saturated carbocycles. The van der Waals surface area contributed by atoms with Gasteiger partial charge in [-0.1, -0.05) is 13.3 Å². The highest BCUT2D eigenvalue weighted by atomic mass is 32.2. The van der Waals surface area contributed by atoms with Crippen LogP contribution in [0.3, 0.4) is 0 Å². The van der Waals surface area contributed by atoms with E-state index < -0.39 is 15.6 Å². The molecule has 1 amide bonds. The minimum atomic E-state index is -3.81. The summed E-state index contributed by atoms with van der Waals surface area (Å²) in [6.45, 7) is 9.17. The fraction of sp³-hybridized carbons (Fsp3) is 0.655. The number of aromatic nitrogens is 3. The molecule has 0 aromatic carbocycles. The lowest BCUT2D eigenvalue weighted by Crippen LogP contribution is -2.47. The van der Waals surface area contributed by atoms with E-state index in [0.29, 0.717) is 49.0 Å². The Morgan fingerprint density at radius 1 is 1.05 bits per heavy atom. The minimum Gasteiger partial charge on any atom is -0.444 e. The van der Waals surface area contributed by atoms with Crippen molar-refractivity contribution in [3.05, 3.63) is 24.5 Å². The van der Waals surface area contributed by atoms with Crippen LogP contribution in [0.2, 0.25) is 0 Å². The van der Waals surface area contributed by atoms with E-state index in [4.69, 9.17) is 9.72 Å². The monoisotopic (exact) mass is 603 g/mol. The molecule has 0 atom stereocenters. The number of nitrogens with one attached hydrogen (secondary N) is 3. The summed E-state index contributed by atoms with van der Waals surface area (Å²) in [6.07, 6.45) is 8.58. The maximum Gasteiger partial charge on any atom is 0.410 e. The zero-order valence-electron chi connectivity index (χ0n) is 25.1. The maximum absolute atomic E-state index is 13.2. The van der Waals surface area contributed by atoms with E-state index in [2.05, 4.69) is 32.2 Å². The number of rotatable bonds is 10. The van der Waals surface area contributed by atoms with Crippen molar-refractivity contribution in [3.8, 4) is 11.3 Å². The zero-order valence-corrected chi connectivity index (χ0v) is 25.9. The van der Waals surface area contributed by atoms with Gasteiger partial charge in [0.25, 0.3) is 0 Å². The molecular formula is C29H45N7O5S. The number of anilines is 2. The molecule has 232 valence electrons. The standard InChI is InChI=1S/C29H45N7O5S/c1-5-6-15-30-27-32-19-24(26(34-27)33-20-7-9-22(37)10-8-20)25-12-11-23(18-31-25)42(39,40)35-21-13-16-36(17-14-21)28(38)41-29(2,3)4/h11-12,18-22,35,37H,5-10,13-17H2,1-4H3,(H2,30,32,33,34)/t20-,22-. The molecule has 42 heavy (non-hydrogen) atoms. The van der Waals surface area contributed by atoms with E-state index >= 15 is 0 Å². The number of hydrogen-bond acceptors (Lipinski definition) is 10. The number of pyridine rings is 1. The number of unbranched alkanes of at least 4 members (excludes halogenated alkanes) is 1. The fourth-order valence-electron chi connectivity index (χ4n) is 5.05. The van der Waals surface area contributed by atoms with Gasteiger partial charge in [-0.3, -0.25) is 4.98 Å². The second-order valence-electron chi connectivity index (χ2n) is 12.1. The van der Waals surface area contributed by atoms with E-state index in [0.717, 1.165) is 45.1 Å². The quantitative estimate of drug-likeness (QED) is 0.291. The number of likely N-dealkylation sites (tertiary alicyclic amines) is 1. The summed E-state index contributed by atoms with van der Waals surface area (Å²) < 4.78 is 34.5. The van der Waals surface area contributed by atoms with Crippen molar-refractivity contribution in [2.24, 2.45) is 0 Å². The first-order chi connectivity index (χ1) is 19.9. The summed E-state index contributed by atoms with van der Waals surface area (Å²) in [5.41, 5.74) is 0.650. The van der Waals surface area contributed by atoms with E-state index in [9.17, 15) is 18.3 Å². The number of aliphatic hydroxyl groups is 1. The van der Waals surface area contributed by atoms with Crippen LogP contribution in [-0.2, 0) is 14.8 Å². The topological polar surface area (TPSA) is 159 Å². The SMILES string of the molecule is CCCCNc1ncc(-c2ccc(S(=O)(=O)NC3CCN(C(=O)OC(C)(C)C)CC3)cn2)c(N[C@H]2CC[C@H](O)CC2)n1. The van der Waals surface area contributed by atoms with Crippen LogP contribution in [0.15, 0.2) is 29.4 Å². The Kier molecular flexibility index (Phi) is 10.6. The zero-order chi connectivity index (χ0) is 30.3. The van der Waals surface area contributed by atoms with Crippen molar-refractivity contribution in [3.63, 3.8) is 0 Å². The van der Waals surface area contributed by atoms with Gasteiger partial charge in [-0.2, -0.15) is 4.98 Å². The highest BCUT2D eigenvalue weighted by molar-refractivity contribution is 7.89. The maximum atomic E-state index is 13.2. The molecule has 2 aromatic rings. The summed E-state index contributed by atoms with van der Waals surface area (Å²) in [6, 6.07) is 3.07. The van der Waals surface area contributed by atoms with E-state index in [1.807, 2.05) is 20.8 Å². The van der Waals surface area contributed by atoms with Crippen molar-refractivity contribution >= 4 is 27.9 Å². The van der Waals surface area contributed by atoms with Gasteiger partial charge in [-0.05, 0) is 77.8 Å². The number of ether oxygens (including phenoxy) is 1. The van der Waals surface area contributed by atoms with E-state index in [1.54, 1.807) is 17.2 Å². The first-order valence-electron chi connectivity index (χ1n) is 15.0. The highest BCUT2D eigenvalue weighted by Crippen LogP contribution is 2.29. The van der Waals surface area contributed by atoms with Crippen molar-refractivity contribution in [1.29, 1.82) is 0 Å². The van der Waals surface area contributed by atoms with Gasteiger partial charge in [0.15, 0.2) is 0 Å². The number of amides is 1. The van der Waals surface area contributed by atoms with Crippen molar-refractivity contribution < 1.29 is 23.1 Å². The molecular weight excluding hydrogens is 558 g/mol. The molecule has 2 aliphatic rings. The van der Waals surface area contributed by atoms with Crippen LogP contribution in [0.1, 0.15) is 79.1 Å². The van der Waals surface area contributed by atoms with Gasteiger partial charge in [0.05, 0.1) is 17.4 Å². The lowest BCUT2D eigenvalue weighted by molar-refractivity contribution is 0.0203. The molecule has 1 aliphatic heterocycles. The Hall–Kier alpha value is -3.03. The Bertz CT molecular complexity index is 1280. The predicted molar refractivity (Wildman–Crippen MR) is 162 cm³/mol. The number of carbonyl (C=O) groups excluding carboxylic acids is 1. The second kappa shape index (κ2) is 14.0. The lowest BCUT2D eigenvalue weighted by Gasteiger charge is -2.33. The molecule has 13 heteroatoms. The number of nitrogens with zero attached hydrogens (tertiary/aromatic N) is 4. The van der Waals surface area contributed by atoms with Crippen LogP contribution in [-0.4, -0.2) is 82.9 Å². The molecule has 4 rings (SSSR count). The van der Waals surface area contributed by atoms with Gasteiger partial charge < -0.3 is 25.4 Å². The van der Waals surface area contributed by atoms with Gasteiger partial charge in [0.1, 0.15) is 16.3 Å². The third-order valence-electron chi connectivity index (χ3n) is 7.43. The summed E-state index contributed by atoms with van der Waals surface area (Å²) in [5, 5.41) is 16.7. The predicted octanol–water partition coefficient (Wildman–Crippen LogP) is 4.14. The summed E-state index contributed by atoms with van der Waals surface area (Å²) >= 11 is 0. The first kappa shape index (κ1) is 31.9. The van der Waals surface area contributed by atoms with E-state index in [-0.39, 0.29) is 29.2 Å². The third-order valence-corrected chi connectivity index (χ3v) is 8.94. The molecule has 4 N–H and O–H groups in total. The van der Waals surface area contributed by atoms with Crippen LogP contribution >= 0.6 is 0 Å². The Labute approximate surface area is 249 Å². The van der Waals surface area contributed by atoms with Gasteiger partial charge in [-0.25, -0.2) is 22.9 Å². The molecule has 12 nitrogen and oxygen atoms in total. The number of sulfonamides is 1. The van der Waals surface area contributed by atoms with Gasteiger partial charge >= 0.3 is 6.09 Å². The smallest absolute Gasteiger partial charge is 0.410 e. The van der Waals surface area contributed by atoms with Crippen molar-refractivity contribution in [1.82, 2.24) is 24.6 Å². The van der Waals surface area contributed by atoms with Crippen molar-refractivity contribution in [2.75, 3.05) is 30.3 Å². The Morgan fingerprint density at radius 2 is 1.76 bits per heavy atom. The molecule has 2 fully saturated rings. The molecule has 0 radical (unpaired) electrons. The summed E-state index contributed by atoms with van der Waals surface area (Å²) in [4.78, 5) is 27.7. The number of carbonyl (C=O) groups is 1. The lowest BCUT2D eigenvalue weighted by atomic mass is 9.93. The normalized spacial score (nSPS) is 20.3. The van der Waals surface area contributed by atoms with Gasteiger partial charge in [-0.15, -0.1) is 0 Å². The van der Waals surface area contributed by atoms with Crippen LogP contribution in [0.25, 0.3) is 11.3 Å². The van der Waals surface area contributed by atoms with Crippen LogP contribution in [0, 0.1) is 0 Å². The minimum absolute atomic E-state index is 0.0652. The average Bonchev–Trinajstić information content (AvgIpc) is 2.94. The molecule has 0 bridgehead atoms. The largest absolute Gasteiger partial charge is 0.444 e. The molecule has 0 spiro atoms. The average molecular weight is 604 g/mol. The number of hydrogen-bond donors (Lipinski definition) is 4. The van der Waals surface area contributed by atoms with Crippen LogP contribution in [0.5, 0.6) is 0 Å². The van der Waals surface area contributed by atoms with E-state index in [1.165, 1.54) is 12.3 Å². The molecule has 1 aliphatic carbocycles. The fourth-order valence-corrected chi connectivity index (χ4v) is 6.30.